The molecule has 0 radical (unpaired) electrons. The molecule has 3 N–H and O–H groups in total. The molecule has 0 aromatic rings. The number of carbonyl (C=O) groups is 1. The zero-order valence-corrected chi connectivity index (χ0v) is 12.3. The van der Waals surface area contributed by atoms with Crippen LogP contribution in [0.5, 0.6) is 0 Å². The maximum absolute atomic E-state index is 11.9. The highest BCUT2D eigenvalue weighted by Crippen LogP contribution is 2.25. The number of thiocarbonyl (C=S) groups is 1. The number of amides is 1. The van der Waals surface area contributed by atoms with Crippen molar-refractivity contribution in [3.05, 3.63) is 0 Å². The van der Waals surface area contributed by atoms with Gasteiger partial charge < -0.3 is 11.1 Å². The second kappa shape index (κ2) is 7.69. The SMILES string of the molecule is CCCC(C(=O)NCCN(CC)C1CC1)C(N)=S. The van der Waals surface area contributed by atoms with E-state index in [1.807, 2.05) is 6.92 Å². The minimum atomic E-state index is -0.305. The van der Waals surface area contributed by atoms with Crippen LogP contribution in [-0.4, -0.2) is 41.5 Å². The smallest absolute Gasteiger partial charge is 0.229 e. The van der Waals surface area contributed by atoms with E-state index in [0.717, 1.165) is 32.0 Å². The van der Waals surface area contributed by atoms with Crippen molar-refractivity contribution in [1.82, 2.24) is 10.2 Å². The number of hydrogen-bond acceptors (Lipinski definition) is 3. The Hall–Kier alpha value is -0.680. The Morgan fingerprint density at radius 3 is 2.61 bits per heavy atom. The average Bonchev–Trinajstić information content (AvgIpc) is 3.15. The van der Waals surface area contributed by atoms with Gasteiger partial charge in [0.05, 0.1) is 10.9 Å². The molecule has 18 heavy (non-hydrogen) atoms. The monoisotopic (exact) mass is 271 g/mol. The van der Waals surface area contributed by atoms with E-state index in [9.17, 15) is 4.79 Å². The molecule has 104 valence electrons. The normalized spacial score (nSPS) is 16.6. The Kier molecular flexibility index (Phi) is 6.57. The van der Waals surface area contributed by atoms with Crippen LogP contribution in [0.3, 0.4) is 0 Å². The standard InChI is InChI=1S/C13H25N3OS/c1-3-5-11(12(14)18)13(17)15-8-9-16(4-2)10-6-7-10/h10-11H,3-9H2,1-2H3,(H2,14,18)(H,15,17). The highest BCUT2D eigenvalue weighted by Gasteiger charge is 2.27. The van der Waals surface area contributed by atoms with Crippen LogP contribution in [-0.2, 0) is 4.79 Å². The quantitative estimate of drug-likeness (QED) is 0.620. The topological polar surface area (TPSA) is 58.4 Å². The van der Waals surface area contributed by atoms with Crippen LogP contribution < -0.4 is 11.1 Å². The van der Waals surface area contributed by atoms with E-state index in [-0.39, 0.29) is 11.8 Å². The van der Waals surface area contributed by atoms with Gasteiger partial charge in [-0.3, -0.25) is 9.69 Å². The van der Waals surface area contributed by atoms with Crippen molar-refractivity contribution in [3.8, 4) is 0 Å². The van der Waals surface area contributed by atoms with Gasteiger partial charge in [-0.1, -0.05) is 32.5 Å². The maximum atomic E-state index is 11.9. The highest BCUT2D eigenvalue weighted by atomic mass is 32.1. The highest BCUT2D eigenvalue weighted by molar-refractivity contribution is 7.80. The summed E-state index contributed by atoms with van der Waals surface area (Å²) < 4.78 is 0. The molecule has 0 aromatic carbocycles. The van der Waals surface area contributed by atoms with E-state index in [2.05, 4.69) is 17.1 Å². The number of carbonyl (C=O) groups excluding carboxylic acids is 1. The predicted molar refractivity (Wildman–Crippen MR) is 78.5 cm³/mol. The molecule has 0 aliphatic heterocycles. The summed E-state index contributed by atoms with van der Waals surface area (Å²) >= 11 is 4.94. The molecular formula is C13H25N3OS. The van der Waals surface area contributed by atoms with Gasteiger partial charge >= 0.3 is 0 Å². The van der Waals surface area contributed by atoms with Gasteiger partial charge in [-0.2, -0.15) is 0 Å². The van der Waals surface area contributed by atoms with Gasteiger partial charge in [0.15, 0.2) is 0 Å². The minimum Gasteiger partial charge on any atom is -0.393 e. The van der Waals surface area contributed by atoms with Gasteiger partial charge in [0.25, 0.3) is 0 Å². The third-order valence-electron chi connectivity index (χ3n) is 3.40. The fraction of sp³-hybridized carbons (Fsp3) is 0.846. The second-order valence-electron chi connectivity index (χ2n) is 4.89. The average molecular weight is 271 g/mol. The molecule has 5 heteroatoms. The first-order chi connectivity index (χ1) is 8.60. The van der Waals surface area contributed by atoms with Crippen LogP contribution in [0.2, 0.25) is 0 Å². The number of likely N-dealkylation sites (N-methyl/N-ethyl adjacent to an activating group) is 1. The number of hydrogen-bond donors (Lipinski definition) is 2. The molecule has 0 heterocycles. The molecule has 4 nitrogen and oxygen atoms in total. The molecule has 0 aromatic heterocycles. The molecule has 0 saturated heterocycles. The zero-order chi connectivity index (χ0) is 13.5. The summed E-state index contributed by atoms with van der Waals surface area (Å²) in [6.07, 6.45) is 4.25. The molecule has 1 aliphatic rings. The Bertz CT molecular complexity index is 292. The lowest BCUT2D eigenvalue weighted by Gasteiger charge is -2.21. The lowest BCUT2D eigenvalue weighted by Crippen LogP contribution is -2.41. The Morgan fingerprint density at radius 1 is 1.50 bits per heavy atom. The van der Waals surface area contributed by atoms with Gasteiger partial charge in [-0.25, -0.2) is 0 Å². The van der Waals surface area contributed by atoms with Gasteiger partial charge in [0, 0.05) is 19.1 Å². The Morgan fingerprint density at radius 2 is 2.17 bits per heavy atom. The number of nitrogens with one attached hydrogen (secondary N) is 1. The second-order valence-corrected chi connectivity index (χ2v) is 5.37. The van der Waals surface area contributed by atoms with Gasteiger partial charge in [-0.15, -0.1) is 0 Å². The van der Waals surface area contributed by atoms with Crippen molar-refractivity contribution in [3.63, 3.8) is 0 Å². The Labute approximate surface area is 115 Å². The van der Waals surface area contributed by atoms with Crippen LogP contribution in [0.15, 0.2) is 0 Å². The molecular weight excluding hydrogens is 246 g/mol. The Balaban J connectivity index is 2.27. The first kappa shape index (κ1) is 15.4. The summed E-state index contributed by atoms with van der Waals surface area (Å²) in [6.45, 7) is 6.85. The molecule has 1 unspecified atom stereocenters. The zero-order valence-electron chi connectivity index (χ0n) is 11.4. The number of nitrogens with zero attached hydrogens (tertiary/aromatic N) is 1. The molecule has 1 saturated carbocycles. The maximum Gasteiger partial charge on any atom is 0.229 e. The molecule has 1 aliphatic carbocycles. The van der Waals surface area contributed by atoms with Crippen LogP contribution in [0.4, 0.5) is 0 Å². The van der Waals surface area contributed by atoms with E-state index >= 15 is 0 Å². The molecule has 1 rings (SSSR count). The summed E-state index contributed by atoms with van der Waals surface area (Å²) in [7, 11) is 0. The van der Waals surface area contributed by atoms with E-state index in [1.165, 1.54) is 12.8 Å². The van der Waals surface area contributed by atoms with Crippen LogP contribution >= 0.6 is 12.2 Å². The first-order valence-electron chi connectivity index (χ1n) is 6.91. The lowest BCUT2D eigenvalue weighted by atomic mass is 10.0. The van der Waals surface area contributed by atoms with Crippen LogP contribution in [0.1, 0.15) is 39.5 Å². The van der Waals surface area contributed by atoms with Crippen molar-refractivity contribution < 1.29 is 4.79 Å². The summed E-state index contributed by atoms with van der Waals surface area (Å²) in [5.74, 6) is -0.322. The first-order valence-corrected chi connectivity index (χ1v) is 7.32. The summed E-state index contributed by atoms with van der Waals surface area (Å²) in [5.41, 5.74) is 5.60. The van der Waals surface area contributed by atoms with Gasteiger partial charge in [0.1, 0.15) is 0 Å². The number of rotatable bonds is 9. The lowest BCUT2D eigenvalue weighted by molar-refractivity contribution is -0.123. The molecule has 1 atom stereocenters. The van der Waals surface area contributed by atoms with E-state index < -0.39 is 0 Å². The van der Waals surface area contributed by atoms with Gasteiger partial charge in [-0.05, 0) is 25.8 Å². The van der Waals surface area contributed by atoms with Crippen molar-refractivity contribution in [1.29, 1.82) is 0 Å². The van der Waals surface area contributed by atoms with Crippen LogP contribution in [0.25, 0.3) is 0 Å². The van der Waals surface area contributed by atoms with Crippen molar-refractivity contribution in [2.24, 2.45) is 11.7 Å². The largest absolute Gasteiger partial charge is 0.393 e. The molecule has 0 bridgehead atoms. The summed E-state index contributed by atoms with van der Waals surface area (Å²) in [5, 5.41) is 2.95. The van der Waals surface area contributed by atoms with E-state index in [0.29, 0.717) is 11.5 Å². The molecule has 1 amide bonds. The van der Waals surface area contributed by atoms with Crippen molar-refractivity contribution in [2.45, 2.75) is 45.6 Å². The van der Waals surface area contributed by atoms with E-state index in [1.54, 1.807) is 0 Å². The third kappa shape index (κ3) is 4.90. The third-order valence-corrected chi connectivity index (χ3v) is 3.69. The summed E-state index contributed by atoms with van der Waals surface area (Å²) in [4.78, 5) is 14.7. The van der Waals surface area contributed by atoms with Crippen LogP contribution in [0, 0.1) is 5.92 Å². The summed E-state index contributed by atoms with van der Waals surface area (Å²) in [6, 6.07) is 0.744. The fourth-order valence-corrected chi connectivity index (χ4v) is 2.40. The molecule has 1 fully saturated rings. The van der Waals surface area contributed by atoms with Gasteiger partial charge in [0.2, 0.25) is 5.91 Å². The van der Waals surface area contributed by atoms with Crippen molar-refractivity contribution in [2.75, 3.05) is 19.6 Å². The fourth-order valence-electron chi connectivity index (χ4n) is 2.18. The predicted octanol–water partition coefficient (Wildman–Crippen LogP) is 1.29. The van der Waals surface area contributed by atoms with Crippen molar-refractivity contribution >= 4 is 23.1 Å². The number of nitrogens with two attached hydrogens (primary N) is 1. The molecule has 0 spiro atoms. The minimum absolute atomic E-state index is 0.0174. The van der Waals surface area contributed by atoms with E-state index in [4.69, 9.17) is 18.0 Å².